The summed E-state index contributed by atoms with van der Waals surface area (Å²) in [5, 5.41) is 5.11. The first-order chi connectivity index (χ1) is 10.2. The molecular formula is C17H20N2O2. The highest BCUT2D eigenvalue weighted by atomic mass is 16.5. The largest absolute Gasteiger partial charge is 0.487 e. The second-order valence-corrected chi connectivity index (χ2v) is 5.56. The molecular weight excluding hydrogens is 264 g/mol. The molecule has 3 rings (SSSR count). The van der Waals surface area contributed by atoms with Crippen LogP contribution in [0.5, 0.6) is 5.75 Å². The standard InChI is InChI=1S/C17H20N2O2/c1-4-12-7-13-8-15(11(2)3)18-16(13)9-17(12)20-10-14-5-6-21-19-14/h5-9,11,18H,4,10H2,1-3H3. The molecule has 0 amide bonds. The van der Waals surface area contributed by atoms with E-state index in [-0.39, 0.29) is 0 Å². The van der Waals surface area contributed by atoms with E-state index in [1.54, 1.807) is 6.26 Å². The second kappa shape index (κ2) is 5.64. The van der Waals surface area contributed by atoms with Gasteiger partial charge in [0.25, 0.3) is 0 Å². The molecule has 0 radical (unpaired) electrons. The number of aromatic nitrogens is 2. The molecule has 0 spiro atoms. The zero-order valence-corrected chi connectivity index (χ0v) is 12.6. The molecule has 3 aromatic rings. The molecule has 0 atom stereocenters. The van der Waals surface area contributed by atoms with Crippen molar-refractivity contribution in [3.63, 3.8) is 0 Å². The quantitative estimate of drug-likeness (QED) is 0.754. The molecule has 0 aliphatic rings. The van der Waals surface area contributed by atoms with Crippen molar-refractivity contribution in [1.82, 2.24) is 10.1 Å². The molecule has 110 valence electrons. The molecule has 0 aliphatic carbocycles. The number of rotatable bonds is 5. The van der Waals surface area contributed by atoms with Crippen LogP contribution in [-0.4, -0.2) is 10.1 Å². The average molecular weight is 284 g/mol. The second-order valence-electron chi connectivity index (χ2n) is 5.56. The van der Waals surface area contributed by atoms with Gasteiger partial charge in [-0.25, -0.2) is 0 Å². The maximum atomic E-state index is 5.91. The minimum absolute atomic E-state index is 0.423. The summed E-state index contributed by atoms with van der Waals surface area (Å²) < 4.78 is 10.7. The van der Waals surface area contributed by atoms with Crippen LogP contribution in [0.15, 0.2) is 35.1 Å². The van der Waals surface area contributed by atoms with Crippen molar-refractivity contribution in [3.05, 3.63) is 47.5 Å². The maximum Gasteiger partial charge on any atom is 0.134 e. The number of nitrogens with zero attached hydrogens (tertiary/aromatic N) is 1. The summed E-state index contributed by atoms with van der Waals surface area (Å²) >= 11 is 0. The fourth-order valence-corrected chi connectivity index (χ4v) is 2.42. The van der Waals surface area contributed by atoms with Crippen LogP contribution in [0.2, 0.25) is 0 Å². The van der Waals surface area contributed by atoms with E-state index in [9.17, 15) is 0 Å². The summed E-state index contributed by atoms with van der Waals surface area (Å²) in [4.78, 5) is 3.47. The first-order valence-electron chi connectivity index (χ1n) is 7.35. The van der Waals surface area contributed by atoms with Crippen LogP contribution in [0.25, 0.3) is 10.9 Å². The number of fused-ring (bicyclic) bond motifs is 1. The van der Waals surface area contributed by atoms with Gasteiger partial charge in [0.15, 0.2) is 0 Å². The van der Waals surface area contributed by atoms with Crippen molar-refractivity contribution in [2.45, 2.75) is 39.7 Å². The number of aryl methyl sites for hydroxylation is 1. The predicted molar refractivity (Wildman–Crippen MR) is 82.6 cm³/mol. The van der Waals surface area contributed by atoms with Crippen LogP contribution in [0, 0.1) is 0 Å². The first-order valence-corrected chi connectivity index (χ1v) is 7.35. The fourth-order valence-electron chi connectivity index (χ4n) is 2.42. The number of ether oxygens (including phenoxy) is 1. The molecule has 0 saturated heterocycles. The van der Waals surface area contributed by atoms with Crippen LogP contribution >= 0.6 is 0 Å². The fraction of sp³-hybridized carbons (Fsp3) is 0.353. The van der Waals surface area contributed by atoms with E-state index in [2.05, 4.69) is 49.1 Å². The molecule has 2 heterocycles. The molecule has 1 aromatic carbocycles. The lowest BCUT2D eigenvalue weighted by molar-refractivity contribution is 0.287. The van der Waals surface area contributed by atoms with E-state index >= 15 is 0 Å². The lowest BCUT2D eigenvalue weighted by Crippen LogP contribution is -1.98. The molecule has 0 bridgehead atoms. The minimum Gasteiger partial charge on any atom is -0.487 e. The Labute approximate surface area is 124 Å². The zero-order chi connectivity index (χ0) is 14.8. The number of hydrogen-bond acceptors (Lipinski definition) is 3. The molecule has 2 aromatic heterocycles. The van der Waals surface area contributed by atoms with E-state index < -0.39 is 0 Å². The van der Waals surface area contributed by atoms with E-state index in [1.165, 1.54) is 16.6 Å². The summed E-state index contributed by atoms with van der Waals surface area (Å²) in [6.45, 7) is 6.94. The van der Waals surface area contributed by atoms with Gasteiger partial charge in [0.2, 0.25) is 0 Å². The van der Waals surface area contributed by atoms with Crippen molar-refractivity contribution in [2.75, 3.05) is 0 Å². The van der Waals surface area contributed by atoms with Crippen LogP contribution in [0.4, 0.5) is 0 Å². The maximum absolute atomic E-state index is 5.91. The highest BCUT2D eigenvalue weighted by molar-refractivity contribution is 5.83. The van der Waals surface area contributed by atoms with Gasteiger partial charge in [-0.2, -0.15) is 0 Å². The van der Waals surface area contributed by atoms with Gasteiger partial charge in [0, 0.05) is 28.7 Å². The Morgan fingerprint density at radius 2 is 2.14 bits per heavy atom. The van der Waals surface area contributed by atoms with Crippen molar-refractivity contribution in [2.24, 2.45) is 0 Å². The Bertz CT molecular complexity index is 727. The summed E-state index contributed by atoms with van der Waals surface area (Å²) in [7, 11) is 0. The molecule has 4 nitrogen and oxygen atoms in total. The van der Waals surface area contributed by atoms with Gasteiger partial charge in [0.1, 0.15) is 24.3 Å². The topological polar surface area (TPSA) is 51.0 Å². The highest BCUT2D eigenvalue weighted by Gasteiger charge is 2.10. The van der Waals surface area contributed by atoms with Crippen LogP contribution in [0.1, 0.15) is 43.6 Å². The lowest BCUT2D eigenvalue weighted by atomic mass is 10.1. The van der Waals surface area contributed by atoms with Crippen LogP contribution < -0.4 is 4.74 Å². The van der Waals surface area contributed by atoms with Gasteiger partial charge >= 0.3 is 0 Å². The molecule has 4 heteroatoms. The van der Waals surface area contributed by atoms with E-state index in [1.807, 2.05) is 6.07 Å². The molecule has 0 unspecified atom stereocenters. The number of aromatic amines is 1. The van der Waals surface area contributed by atoms with Crippen LogP contribution in [0.3, 0.4) is 0 Å². The van der Waals surface area contributed by atoms with E-state index in [0.717, 1.165) is 23.4 Å². The Balaban J connectivity index is 1.92. The van der Waals surface area contributed by atoms with Crippen LogP contribution in [-0.2, 0) is 13.0 Å². The molecule has 1 N–H and O–H groups in total. The highest BCUT2D eigenvalue weighted by Crippen LogP contribution is 2.29. The number of nitrogens with one attached hydrogen (secondary N) is 1. The Morgan fingerprint density at radius 1 is 1.29 bits per heavy atom. The minimum atomic E-state index is 0.423. The smallest absolute Gasteiger partial charge is 0.134 e. The summed E-state index contributed by atoms with van der Waals surface area (Å²) in [5.41, 5.74) is 4.37. The third-order valence-electron chi connectivity index (χ3n) is 3.69. The number of benzene rings is 1. The molecule has 0 fully saturated rings. The SMILES string of the molecule is CCc1cc2cc(C(C)C)[nH]c2cc1OCc1ccon1. The summed E-state index contributed by atoms with van der Waals surface area (Å²) in [5.74, 6) is 1.40. The normalized spacial score (nSPS) is 11.4. The predicted octanol–water partition coefficient (Wildman–Crippen LogP) is 4.42. The average Bonchev–Trinajstić information content (AvgIpc) is 3.12. The van der Waals surface area contributed by atoms with E-state index in [4.69, 9.17) is 9.26 Å². The third kappa shape index (κ3) is 2.79. The summed E-state index contributed by atoms with van der Waals surface area (Å²) in [6, 6.07) is 8.33. The first kappa shape index (κ1) is 13.7. The number of hydrogen-bond donors (Lipinski definition) is 1. The molecule has 0 saturated carbocycles. The van der Waals surface area contributed by atoms with Crippen molar-refractivity contribution in [3.8, 4) is 5.75 Å². The van der Waals surface area contributed by atoms with Crippen molar-refractivity contribution in [1.29, 1.82) is 0 Å². The van der Waals surface area contributed by atoms with Gasteiger partial charge in [-0.1, -0.05) is 25.9 Å². The number of H-pyrrole nitrogens is 1. The molecule has 0 aliphatic heterocycles. The Hall–Kier alpha value is -2.23. The Kier molecular flexibility index (Phi) is 3.69. The van der Waals surface area contributed by atoms with Gasteiger partial charge in [-0.05, 0) is 30.0 Å². The van der Waals surface area contributed by atoms with E-state index in [0.29, 0.717) is 12.5 Å². The van der Waals surface area contributed by atoms with Crippen molar-refractivity contribution >= 4 is 10.9 Å². The molecule has 21 heavy (non-hydrogen) atoms. The summed E-state index contributed by atoms with van der Waals surface area (Å²) in [6.07, 6.45) is 2.49. The van der Waals surface area contributed by atoms with Gasteiger partial charge in [0.05, 0.1) is 0 Å². The van der Waals surface area contributed by atoms with Gasteiger partial charge in [-0.15, -0.1) is 0 Å². The zero-order valence-electron chi connectivity index (χ0n) is 12.6. The third-order valence-corrected chi connectivity index (χ3v) is 3.69. The lowest BCUT2D eigenvalue weighted by Gasteiger charge is -2.09. The monoisotopic (exact) mass is 284 g/mol. The Morgan fingerprint density at radius 3 is 2.81 bits per heavy atom. The van der Waals surface area contributed by atoms with Gasteiger partial charge < -0.3 is 14.2 Å². The van der Waals surface area contributed by atoms with Gasteiger partial charge in [-0.3, -0.25) is 0 Å². The van der Waals surface area contributed by atoms with Crippen molar-refractivity contribution < 1.29 is 9.26 Å².